The molecule has 9 nitrogen and oxygen atoms in total. The summed E-state index contributed by atoms with van der Waals surface area (Å²) < 4.78 is 60.7. The van der Waals surface area contributed by atoms with Crippen LogP contribution in [0.2, 0.25) is 5.15 Å². The van der Waals surface area contributed by atoms with E-state index in [-0.39, 0.29) is 10.8 Å². The first-order valence-corrected chi connectivity index (χ1v) is 15.6. The van der Waals surface area contributed by atoms with Gasteiger partial charge in [0.05, 0.1) is 27.4 Å². The standard InChI is InChI=1S/C25H29ClN4O3S2.C2HF3O2/c1-15-9-10-19(13-21(15)35(32,33)30-20-11-16(2)24(26)27-14-20)23-17(3)28-25(34-23)29-22(31)12-18-7-5-4-6-8-18;3-2(4,5)1(6)7/h9-11,13-14,18,30H,4-8,12H2,1-3H3,(H,28,29,31);(H,6,7). The van der Waals surface area contributed by atoms with E-state index in [0.29, 0.717) is 39.4 Å². The second-order valence-corrected chi connectivity index (χ2v) is 12.9. The Morgan fingerprint density at radius 1 is 1.10 bits per heavy atom. The van der Waals surface area contributed by atoms with Crippen LogP contribution in [0.3, 0.4) is 0 Å². The number of aryl methyl sites for hydroxylation is 3. The quantitative estimate of drug-likeness (QED) is 0.232. The molecule has 1 saturated carbocycles. The van der Waals surface area contributed by atoms with Gasteiger partial charge in [0.1, 0.15) is 5.15 Å². The molecule has 0 aliphatic heterocycles. The van der Waals surface area contributed by atoms with Gasteiger partial charge in [-0.05, 0) is 68.4 Å². The van der Waals surface area contributed by atoms with E-state index in [4.69, 9.17) is 21.5 Å². The third-order valence-corrected chi connectivity index (χ3v) is 9.53. The minimum atomic E-state index is -5.08. The summed E-state index contributed by atoms with van der Waals surface area (Å²) >= 11 is 7.31. The number of halogens is 4. The molecule has 1 aliphatic rings. The Balaban J connectivity index is 0.000000616. The van der Waals surface area contributed by atoms with Crippen molar-refractivity contribution in [2.75, 3.05) is 10.0 Å². The second kappa shape index (κ2) is 13.8. The molecule has 2 aromatic heterocycles. The Labute approximate surface area is 250 Å². The molecule has 0 radical (unpaired) electrons. The number of nitrogens with one attached hydrogen (secondary N) is 2. The minimum absolute atomic E-state index is 0.0135. The first kappa shape index (κ1) is 33.3. The normalized spacial score (nSPS) is 14.1. The van der Waals surface area contributed by atoms with E-state index in [2.05, 4.69) is 20.0 Å². The Bertz CT molecular complexity index is 1560. The molecule has 3 aromatic rings. The lowest BCUT2D eigenvalue weighted by atomic mass is 9.87. The molecule has 0 spiro atoms. The van der Waals surface area contributed by atoms with Crippen LogP contribution in [0, 0.1) is 26.7 Å². The monoisotopic (exact) mass is 646 g/mol. The topological polar surface area (TPSA) is 138 Å². The molecule has 1 amide bonds. The molecule has 15 heteroatoms. The van der Waals surface area contributed by atoms with E-state index in [9.17, 15) is 26.4 Å². The number of sulfonamides is 1. The van der Waals surface area contributed by atoms with Gasteiger partial charge in [0.15, 0.2) is 5.13 Å². The van der Waals surface area contributed by atoms with Crippen molar-refractivity contribution in [3.63, 3.8) is 0 Å². The molecule has 0 atom stereocenters. The molecule has 1 aliphatic carbocycles. The van der Waals surface area contributed by atoms with Crippen LogP contribution in [0.15, 0.2) is 35.4 Å². The Hall–Kier alpha value is -3.23. The van der Waals surface area contributed by atoms with E-state index in [1.54, 1.807) is 32.0 Å². The van der Waals surface area contributed by atoms with Gasteiger partial charge in [0.25, 0.3) is 10.0 Å². The third-order valence-electron chi connectivity index (χ3n) is 6.49. The van der Waals surface area contributed by atoms with Crippen LogP contribution in [-0.2, 0) is 19.6 Å². The lowest BCUT2D eigenvalue weighted by Gasteiger charge is -2.20. The van der Waals surface area contributed by atoms with Crippen LogP contribution in [0.4, 0.5) is 24.0 Å². The van der Waals surface area contributed by atoms with Gasteiger partial charge in [-0.2, -0.15) is 13.2 Å². The van der Waals surface area contributed by atoms with Crippen molar-refractivity contribution < 1.29 is 36.3 Å². The number of anilines is 2. The number of amides is 1. The van der Waals surface area contributed by atoms with E-state index in [1.165, 1.54) is 36.8 Å². The van der Waals surface area contributed by atoms with Gasteiger partial charge in [-0.25, -0.2) is 23.2 Å². The molecule has 0 unspecified atom stereocenters. The Morgan fingerprint density at radius 2 is 1.74 bits per heavy atom. The number of carboxylic acid groups (broad SMARTS) is 1. The number of hydrogen-bond donors (Lipinski definition) is 3. The van der Waals surface area contributed by atoms with E-state index in [1.807, 2.05) is 13.0 Å². The highest BCUT2D eigenvalue weighted by Gasteiger charge is 2.38. The Morgan fingerprint density at radius 3 is 2.33 bits per heavy atom. The zero-order valence-electron chi connectivity index (χ0n) is 23.0. The number of pyridine rings is 1. The van der Waals surface area contributed by atoms with Gasteiger partial charge in [-0.1, -0.05) is 54.3 Å². The molecular formula is C27H30ClF3N4O5S2. The van der Waals surface area contributed by atoms with Crippen LogP contribution < -0.4 is 10.0 Å². The molecule has 3 N–H and O–H groups in total. The van der Waals surface area contributed by atoms with E-state index < -0.39 is 22.2 Å². The number of carboxylic acids is 1. The fraction of sp³-hybridized carbons (Fsp3) is 0.407. The number of nitrogens with zero attached hydrogens (tertiary/aromatic N) is 2. The molecule has 0 bridgehead atoms. The van der Waals surface area contributed by atoms with Crippen LogP contribution in [0.1, 0.15) is 55.3 Å². The average molecular weight is 647 g/mol. The summed E-state index contributed by atoms with van der Waals surface area (Å²) in [4.78, 5) is 31.0. The van der Waals surface area contributed by atoms with Gasteiger partial charge in [-0.3, -0.25) is 9.52 Å². The molecular weight excluding hydrogens is 617 g/mol. The lowest BCUT2D eigenvalue weighted by Crippen LogP contribution is -2.21. The number of alkyl halides is 3. The number of aliphatic carboxylic acids is 1. The summed E-state index contributed by atoms with van der Waals surface area (Å²) in [6.45, 7) is 5.37. The van der Waals surface area contributed by atoms with Crippen LogP contribution in [-0.4, -0.2) is 41.5 Å². The van der Waals surface area contributed by atoms with Crippen molar-refractivity contribution in [3.05, 3.63) is 52.4 Å². The van der Waals surface area contributed by atoms with Gasteiger partial charge in [0.2, 0.25) is 5.91 Å². The summed E-state index contributed by atoms with van der Waals surface area (Å²) in [5.74, 6) is -2.32. The summed E-state index contributed by atoms with van der Waals surface area (Å²) in [5, 5.41) is 10.9. The van der Waals surface area contributed by atoms with Gasteiger partial charge in [-0.15, -0.1) is 0 Å². The fourth-order valence-electron chi connectivity index (χ4n) is 4.40. The predicted molar refractivity (Wildman–Crippen MR) is 155 cm³/mol. The summed E-state index contributed by atoms with van der Waals surface area (Å²) in [7, 11) is -3.86. The Kier molecular flexibility index (Phi) is 11.0. The van der Waals surface area contributed by atoms with Gasteiger partial charge < -0.3 is 10.4 Å². The molecule has 2 heterocycles. The maximum atomic E-state index is 13.2. The number of hydrogen-bond acceptors (Lipinski definition) is 7. The number of benzene rings is 1. The highest BCUT2D eigenvalue weighted by atomic mass is 35.5. The molecule has 0 saturated heterocycles. The fourth-order valence-corrected chi connectivity index (χ4v) is 6.78. The lowest BCUT2D eigenvalue weighted by molar-refractivity contribution is -0.192. The smallest absolute Gasteiger partial charge is 0.475 e. The first-order chi connectivity index (χ1) is 19.6. The van der Waals surface area contributed by atoms with Crippen molar-refractivity contribution in [1.29, 1.82) is 0 Å². The van der Waals surface area contributed by atoms with Crippen molar-refractivity contribution >= 4 is 55.7 Å². The van der Waals surface area contributed by atoms with Crippen molar-refractivity contribution in [1.82, 2.24) is 9.97 Å². The number of thiazole rings is 1. The van der Waals surface area contributed by atoms with Crippen LogP contribution in [0.25, 0.3) is 10.4 Å². The average Bonchev–Trinajstić information content (AvgIpc) is 3.26. The van der Waals surface area contributed by atoms with Crippen LogP contribution >= 0.6 is 22.9 Å². The summed E-state index contributed by atoms with van der Waals surface area (Å²) in [6, 6.07) is 6.93. The molecule has 1 aromatic carbocycles. The first-order valence-electron chi connectivity index (χ1n) is 12.9. The summed E-state index contributed by atoms with van der Waals surface area (Å²) in [5.41, 5.74) is 3.09. The zero-order valence-corrected chi connectivity index (χ0v) is 25.4. The highest BCUT2D eigenvalue weighted by Crippen LogP contribution is 2.35. The predicted octanol–water partition coefficient (Wildman–Crippen LogP) is 7.13. The van der Waals surface area contributed by atoms with Crippen LogP contribution in [0.5, 0.6) is 0 Å². The SMILES string of the molecule is Cc1ccc(-c2sc(NC(=O)CC3CCCCC3)nc2C)cc1S(=O)(=O)Nc1cnc(Cl)c(C)c1.O=C(O)C(F)(F)F. The van der Waals surface area contributed by atoms with E-state index in [0.717, 1.165) is 29.0 Å². The molecule has 4 rings (SSSR count). The highest BCUT2D eigenvalue weighted by molar-refractivity contribution is 7.92. The molecule has 1 fully saturated rings. The summed E-state index contributed by atoms with van der Waals surface area (Å²) in [6.07, 6.45) is 2.69. The zero-order chi connectivity index (χ0) is 31.2. The third kappa shape index (κ3) is 9.13. The van der Waals surface area contributed by atoms with E-state index >= 15 is 0 Å². The van der Waals surface area contributed by atoms with Crippen molar-refractivity contribution in [2.45, 2.75) is 70.4 Å². The van der Waals surface area contributed by atoms with Crippen molar-refractivity contribution in [3.8, 4) is 10.4 Å². The minimum Gasteiger partial charge on any atom is -0.475 e. The number of carbonyl (C=O) groups excluding carboxylic acids is 1. The maximum absolute atomic E-state index is 13.2. The largest absolute Gasteiger partial charge is 0.490 e. The maximum Gasteiger partial charge on any atom is 0.490 e. The van der Waals surface area contributed by atoms with Gasteiger partial charge in [0, 0.05) is 6.42 Å². The number of rotatable bonds is 7. The second-order valence-electron chi connectivity index (χ2n) is 9.91. The number of aromatic nitrogens is 2. The van der Waals surface area contributed by atoms with Crippen molar-refractivity contribution in [2.24, 2.45) is 5.92 Å². The number of carbonyl (C=O) groups is 2. The van der Waals surface area contributed by atoms with Gasteiger partial charge >= 0.3 is 12.1 Å². The molecule has 228 valence electrons. The molecule has 42 heavy (non-hydrogen) atoms.